The number of benzene rings is 1. The molecule has 7 heteroatoms. The van der Waals surface area contributed by atoms with E-state index in [4.69, 9.17) is 11.6 Å². The molecule has 1 N–H and O–H groups in total. The predicted octanol–water partition coefficient (Wildman–Crippen LogP) is 2.91. The summed E-state index contributed by atoms with van der Waals surface area (Å²) in [6, 6.07) is 6.52. The molecule has 0 atom stereocenters. The van der Waals surface area contributed by atoms with E-state index >= 15 is 0 Å². The number of nitrogens with one attached hydrogen (secondary N) is 1. The van der Waals surface area contributed by atoms with Crippen LogP contribution in [0.5, 0.6) is 0 Å². The van der Waals surface area contributed by atoms with Gasteiger partial charge in [0.05, 0.1) is 4.90 Å². The van der Waals surface area contributed by atoms with Crippen molar-refractivity contribution in [2.24, 2.45) is 0 Å². The van der Waals surface area contributed by atoms with Gasteiger partial charge in [0.25, 0.3) is 0 Å². The summed E-state index contributed by atoms with van der Waals surface area (Å²) >= 11 is 5.83. The molecule has 0 radical (unpaired) electrons. The van der Waals surface area contributed by atoms with Crippen molar-refractivity contribution in [2.45, 2.75) is 37.1 Å². The number of halogens is 2. The lowest BCUT2D eigenvalue weighted by Crippen LogP contribution is -2.46. The molecular formula is C14H22Cl2N2O2S. The molecule has 0 saturated carbocycles. The van der Waals surface area contributed by atoms with Gasteiger partial charge in [0.1, 0.15) is 0 Å². The Labute approximate surface area is 138 Å². The molecular weight excluding hydrogens is 331 g/mol. The van der Waals surface area contributed by atoms with Gasteiger partial charge in [-0.3, -0.25) is 0 Å². The van der Waals surface area contributed by atoms with Crippen molar-refractivity contribution in [3.05, 3.63) is 29.3 Å². The van der Waals surface area contributed by atoms with E-state index in [1.165, 1.54) is 0 Å². The standard InChI is InChI=1S/C14H21ClN2O2S.ClH/c1-2-11-17(13-7-9-16-10-8-13)20(18,19)14-5-3-12(15)4-6-14;/h3-6,13,16H,2,7-11H2,1H3;1H. The first-order chi connectivity index (χ1) is 9.55. The first-order valence-corrected chi connectivity index (χ1v) is 8.85. The van der Waals surface area contributed by atoms with Gasteiger partial charge in [-0.15, -0.1) is 12.4 Å². The summed E-state index contributed by atoms with van der Waals surface area (Å²) in [4.78, 5) is 0.328. The fourth-order valence-electron chi connectivity index (χ4n) is 2.56. The Balaban J connectivity index is 0.00000220. The average molecular weight is 353 g/mol. The number of nitrogens with zero attached hydrogens (tertiary/aromatic N) is 1. The van der Waals surface area contributed by atoms with Gasteiger partial charge in [-0.1, -0.05) is 18.5 Å². The maximum Gasteiger partial charge on any atom is 0.243 e. The van der Waals surface area contributed by atoms with Crippen molar-refractivity contribution in [1.82, 2.24) is 9.62 Å². The monoisotopic (exact) mass is 352 g/mol. The van der Waals surface area contributed by atoms with Gasteiger partial charge < -0.3 is 5.32 Å². The molecule has 0 spiro atoms. The number of piperidine rings is 1. The third-order valence-electron chi connectivity index (χ3n) is 3.58. The summed E-state index contributed by atoms with van der Waals surface area (Å²) in [5, 5.41) is 3.82. The number of rotatable bonds is 5. The Morgan fingerprint density at radius 3 is 2.33 bits per heavy atom. The quantitative estimate of drug-likeness (QED) is 0.886. The summed E-state index contributed by atoms with van der Waals surface area (Å²) in [6.45, 7) is 4.32. The summed E-state index contributed by atoms with van der Waals surface area (Å²) in [5.41, 5.74) is 0. The fourth-order valence-corrected chi connectivity index (χ4v) is 4.46. The Hall–Kier alpha value is -0.330. The van der Waals surface area contributed by atoms with E-state index < -0.39 is 10.0 Å². The molecule has 1 heterocycles. The van der Waals surface area contributed by atoms with Crippen LogP contribution in [0, 0.1) is 0 Å². The lowest BCUT2D eigenvalue weighted by atomic mass is 10.1. The van der Waals surface area contributed by atoms with Crippen molar-refractivity contribution < 1.29 is 8.42 Å². The lowest BCUT2D eigenvalue weighted by molar-refractivity contribution is 0.262. The summed E-state index contributed by atoms with van der Waals surface area (Å²) < 4.78 is 27.3. The smallest absolute Gasteiger partial charge is 0.243 e. The largest absolute Gasteiger partial charge is 0.317 e. The summed E-state index contributed by atoms with van der Waals surface area (Å²) in [6.07, 6.45) is 2.55. The predicted molar refractivity (Wildman–Crippen MR) is 88.8 cm³/mol. The van der Waals surface area contributed by atoms with Crippen molar-refractivity contribution >= 4 is 34.0 Å². The normalized spacial score (nSPS) is 16.7. The van der Waals surface area contributed by atoms with Gasteiger partial charge in [-0.05, 0) is 56.6 Å². The number of sulfonamides is 1. The van der Waals surface area contributed by atoms with Gasteiger partial charge in [-0.2, -0.15) is 4.31 Å². The molecule has 1 aliphatic heterocycles. The van der Waals surface area contributed by atoms with E-state index in [0.29, 0.717) is 16.5 Å². The molecule has 1 fully saturated rings. The molecule has 0 aliphatic carbocycles. The zero-order chi connectivity index (χ0) is 14.6. The van der Waals surface area contributed by atoms with Gasteiger partial charge in [0.2, 0.25) is 10.0 Å². The Bertz CT molecular complexity index is 528. The molecule has 0 bridgehead atoms. The molecule has 120 valence electrons. The van der Waals surface area contributed by atoms with Crippen LogP contribution in [0.2, 0.25) is 5.02 Å². The highest BCUT2D eigenvalue weighted by atomic mass is 35.5. The van der Waals surface area contributed by atoms with Crippen LogP contribution in [0.4, 0.5) is 0 Å². The molecule has 0 aromatic heterocycles. The SMILES string of the molecule is CCCN(C1CCNCC1)S(=O)(=O)c1ccc(Cl)cc1.Cl. The van der Waals surface area contributed by atoms with Crippen LogP contribution < -0.4 is 5.32 Å². The number of hydrogen-bond acceptors (Lipinski definition) is 3. The lowest BCUT2D eigenvalue weighted by Gasteiger charge is -2.33. The van der Waals surface area contributed by atoms with Crippen LogP contribution in [0.3, 0.4) is 0 Å². The van der Waals surface area contributed by atoms with Crippen LogP contribution in [-0.4, -0.2) is 38.4 Å². The third kappa shape index (κ3) is 4.57. The van der Waals surface area contributed by atoms with Crippen molar-refractivity contribution in [3.8, 4) is 0 Å². The highest BCUT2D eigenvalue weighted by Crippen LogP contribution is 2.24. The Morgan fingerprint density at radius 2 is 1.81 bits per heavy atom. The fraction of sp³-hybridized carbons (Fsp3) is 0.571. The summed E-state index contributed by atoms with van der Waals surface area (Å²) in [5.74, 6) is 0. The minimum atomic E-state index is -3.43. The Morgan fingerprint density at radius 1 is 1.24 bits per heavy atom. The van der Waals surface area contributed by atoms with Gasteiger partial charge >= 0.3 is 0 Å². The van der Waals surface area contributed by atoms with E-state index in [1.54, 1.807) is 28.6 Å². The maximum absolute atomic E-state index is 12.8. The van der Waals surface area contributed by atoms with E-state index in [0.717, 1.165) is 32.4 Å². The molecule has 0 unspecified atom stereocenters. The molecule has 1 aromatic carbocycles. The summed E-state index contributed by atoms with van der Waals surface area (Å²) in [7, 11) is -3.43. The molecule has 1 aromatic rings. The van der Waals surface area contributed by atoms with Crippen LogP contribution in [0.25, 0.3) is 0 Å². The first kappa shape index (κ1) is 18.7. The zero-order valence-corrected chi connectivity index (χ0v) is 14.5. The van der Waals surface area contributed by atoms with Crippen LogP contribution in [0.1, 0.15) is 26.2 Å². The maximum atomic E-state index is 12.8. The molecule has 4 nitrogen and oxygen atoms in total. The van der Waals surface area contributed by atoms with Crippen molar-refractivity contribution in [3.63, 3.8) is 0 Å². The van der Waals surface area contributed by atoms with Crippen LogP contribution in [0.15, 0.2) is 29.2 Å². The topological polar surface area (TPSA) is 49.4 Å². The Kier molecular flexibility index (Phi) is 7.44. The minimum Gasteiger partial charge on any atom is -0.317 e. The molecule has 1 aliphatic rings. The molecule has 0 amide bonds. The highest BCUT2D eigenvalue weighted by Gasteiger charge is 2.31. The van der Waals surface area contributed by atoms with Gasteiger partial charge in [-0.25, -0.2) is 8.42 Å². The first-order valence-electron chi connectivity index (χ1n) is 7.04. The van der Waals surface area contributed by atoms with Crippen molar-refractivity contribution in [2.75, 3.05) is 19.6 Å². The van der Waals surface area contributed by atoms with Crippen LogP contribution >= 0.6 is 24.0 Å². The second-order valence-electron chi connectivity index (χ2n) is 5.05. The molecule has 21 heavy (non-hydrogen) atoms. The van der Waals surface area contributed by atoms with Gasteiger partial charge in [0, 0.05) is 17.6 Å². The second-order valence-corrected chi connectivity index (χ2v) is 7.38. The van der Waals surface area contributed by atoms with E-state index in [9.17, 15) is 8.42 Å². The van der Waals surface area contributed by atoms with E-state index in [-0.39, 0.29) is 18.4 Å². The second kappa shape index (κ2) is 8.34. The van der Waals surface area contributed by atoms with Crippen molar-refractivity contribution in [1.29, 1.82) is 0 Å². The third-order valence-corrected chi connectivity index (χ3v) is 5.80. The van der Waals surface area contributed by atoms with Gasteiger partial charge in [0.15, 0.2) is 0 Å². The highest BCUT2D eigenvalue weighted by molar-refractivity contribution is 7.89. The molecule has 2 rings (SSSR count). The molecule has 1 saturated heterocycles. The number of hydrogen-bond donors (Lipinski definition) is 1. The van der Waals surface area contributed by atoms with E-state index in [2.05, 4.69) is 5.32 Å². The minimum absolute atomic E-state index is 0. The van der Waals surface area contributed by atoms with E-state index in [1.807, 2.05) is 6.92 Å². The zero-order valence-electron chi connectivity index (χ0n) is 12.1. The van der Waals surface area contributed by atoms with Crippen LogP contribution in [-0.2, 0) is 10.0 Å². The average Bonchev–Trinajstić information content (AvgIpc) is 2.46.